The van der Waals surface area contributed by atoms with E-state index in [0.29, 0.717) is 0 Å². The molecule has 4 atom stereocenters. The van der Waals surface area contributed by atoms with Crippen molar-refractivity contribution in [2.75, 3.05) is 13.6 Å². The molecule has 1 aromatic rings. The molecule has 4 fully saturated rings. The number of aliphatic imine (C=N–C) groups is 1. The van der Waals surface area contributed by atoms with E-state index in [0.717, 1.165) is 37.3 Å². The van der Waals surface area contributed by atoms with Gasteiger partial charge in [0.15, 0.2) is 0 Å². The number of amidine groups is 1. The maximum absolute atomic E-state index is 12.6. The van der Waals surface area contributed by atoms with Gasteiger partial charge in [0.05, 0.1) is 17.5 Å². The average Bonchev–Trinajstić information content (AvgIpc) is 2.76. The van der Waals surface area contributed by atoms with Gasteiger partial charge < -0.3 is 4.90 Å². The molecule has 4 unspecified atom stereocenters. The molecule has 2 bridgehead atoms. The van der Waals surface area contributed by atoms with Gasteiger partial charge in [-0.25, -0.2) is 4.99 Å². The lowest BCUT2D eigenvalue weighted by Gasteiger charge is -2.51. The van der Waals surface area contributed by atoms with Gasteiger partial charge in [0.1, 0.15) is 5.84 Å². The molecular formula is C18H19N3O2. The van der Waals surface area contributed by atoms with Crippen molar-refractivity contribution in [3.63, 3.8) is 0 Å². The normalized spacial score (nSPS) is 34.7. The summed E-state index contributed by atoms with van der Waals surface area (Å²) in [5, 5.41) is 0. The highest BCUT2D eigenvalue weighted by atomic mass is 16.2. The predicted octanol–water partition coefficient (Wildman–Crippen LogP) is 1.60. The zero-order valence-electron chi connectivity index (χ0n) is 13.1. The molecule has 0 radical (unpaired) electrons. The van der Waals surface area contributed by atoms with Crippen molar-refractivity contribution < 1.29 is 9.59 Å². The third kappa shape index (κ3) is 1.60. The van der Waals surface area contributed by atoms with E-state index in [-0.39, 0.29) is 35.6 Å². The van der Waals surface area contributed by atoms with Gasteiger partial charge in [0.25, 0.3) is 0 Å². The zero-order chi connectivity index (χ0) is 15.7. The van der Waals surface area contributed by atoms with E-state index in [1.807, 2.05) is 6.07 Å². The van der Waals surface area contributed by atoms with Crippen LogP contribution in [0, 0.1) is 17.8 Å². The van der Waals surface area contributed by atoms with Crippen molar-refractivity contribution in [2.24, 2.45) is 22.7 Å². The second kappa shape index (κ2) is 4.43. The van der Waals surface area contributed by atoms with Gasteiger partial charge in [-0.1, -0.05) is 18.2 Å². The lowest BCUT2D eigenvalue weighted by molar-refractivity contribution is -0.138. The summed E-state index contributed by atoms with van der Waals surface area (Å²) < 4.78 is 0. The number of likely N-dealkylation sites (tertiary alicyclic amines) is 1. The number of hydrogen-bond donors (Lipinski definition) is 0. The number of amides is 2. The number of fused-ring (bicyclic) bond motifs is 2. The molecule has 1 aromatic carbocycles. The van der Waals surface area contributed by atoms with E-state index in [4.69, 9.17) is 4.99 Å². The van der Waals surface area contributed by atoms with E-state index in [1.165, 1.54) is 10.5 Å². The monoisotopic (exact) mass is 309 g/mol. The molecule has 6 rings (SSSR count). The van der Waals surface area contributed by atoms with Crippen LogP contribution in [0.1, 0.15) is 18.4 Å². The van der Waals surface area contributed by atoms with E-state index < -0.39 is 0 Å². The summed E-state index contributed by atoms with van der Waals surface area (Å²) in [7, 11) is 1.63. The Morgan fingerprint density at radius 3 is 2.74 bits per heavy atom. The number of carbonyl (C=O) groups is 2. The number of benzene rings is 1. The molecule has 0 spiro atoms. The van der Waals surface area contributed by atoms with Crippen LogP contribution in [-0.2, 0) is 16.0 Å². The number of nitrogens with zero attached hydrogens (tertiary/aromatic N) is 3. The molecule has 118 valence electrons. The molecule has 5 nitrogen and oxygen atoms in total. The summed E-state index contributed by atoms with van der Waals surface area (Å²) in [5.41, 5.74) is 2.29. The van der Waals surface area contributed by atoms with Crippen LogP contribution in [0.3, 0.4) is 0 Å². The summed E-state index contributed by atoms with van der Waals surface area (Å²) in [6.45, 7) is 0.894. The molecule has 1 saturated carbocycles. The first-order valence-corrected chi connectivity index (χ1v) is 8.41. The highest BCUT2D eigenvalue weighted by molar-refractivity contribution is 6.09. The van der Waals surface area contributed by atoms with Crippen molar-refractivity contribution in [3.8, 4) is 0 Å². The lowest BCUT2D eigenvalue weighted by atomic mass is 9.65. The third-order valence-corrected chi connectivity index (χ3v) is 6.11. The Morgan fingerprint density at radius 1 is 1.09 bits per heavy atom. The van der Waals surface area contributed by atoms with E-state index >= 15 is 0 Å². The van der Waals surface area contributed by atoms with Crippen LogP contribution in [0.2, 0.25) is 0 Å². The fraction of sp³-hybridized carbons (Fsp3) is 0.500. The fourth-order valence-corrected chi connectivity index (χ4v) is 5.04. The van der Waals surface area contributed by atoms with Gasteiger partial charge >= 0.3 is 0 Å². The Kier molecular flexibility index (Phi) is 2.56. The van der Waals surface area contributed by atoms with Gasteiger partial charge in [0.2, 0.25) is 11.8 Å². The largest absolute Gasteiger partial charge is 0.356 e. The quantitative estimate of drug-likeness (QED) is 0.684. The summed E-state index contributed by atoms with van der Waals surface area (Å²) in [4.78, 5) is 33.8. The number of carbonyl (C=O) groups excluding carboxylic acids is 2. The zero-order valence-corrected chi connectivity index (χ0v) is 13.1. The van der Waals surface area contributed by atoms with Crippen molar-refractivity contribution in [1.29, 1.82) is 0 Å². The standard InChI is InChI=1S/C18H19N3O2/c1-20-17(22)14-11-6-7-13(15(14)18(20)23)21-9-8-10-4-2-3-5-12(10)19-16(11)21/h2-5,11,13-15H,6-9H2,1H3. The fourth-order valence-electron chi connectivity index (χ4n) is 5.04. The lowest BCUT2D eigenvalue weighted by Crippen LogP contribution is -2.61. The molecule has 4 aliphatic heterocycles. The van der Waals surface area contributed by atoms with Gasteiger partial charge in [-0.15, -0.1) is 0 Å². The number of piperidine rings is 2. The van der Waals surface area contributed by atoms with Crippen LogP contribution in [0.5, 0.6) is 0 Å². The molecule has 1 aliphatic carbocycles. The minimum absolute atomic E-state index is 0.00502. The van der Waals surface area contributed by atoms with Crippen LogP contribution in [0.25, 0.3) is 0 Å². The second-order valence-corrected chi connectivity index (χ2v) is 7.08. The number of hydrogen-bond acceptors (Lipinski definition) is 4. The van der Waals surface area contributed by atoms with Crippen LogP contribution >= 0.6 is 0 Å². The first kappa shape index (κ1) is 13.3. The summed E-state index contributed by atoms with van der Waals surface area (Å²) in [5.74, 6) is 0.796. The van der Waals surface area contributed by atoms with E-state index in [1.54, 1.807) is 7.05 Å². The van der Waals surface area contributed by atoms with Crippen molar-refractivity contribution in [1.82, 2.24) is 9.80 Å². The van der Waals surface area contributed by atoms with Crippen molar-refractivity contribution in [2.45, 2.75) is 25.3 Å². The molecular weight excluding hydrogens is 290 g/mol. The van der Waals surface area contributed by atoms with Crippen molar-refractivity contribution >= 4 is 23.3 Å². The molecule has 4 heterocycles. The van der Waals surface area contributed by atoms with Crippen LogP contribution in [-0.4, -0.2) is 47.1 Å². The van der Waals surface area contributed by atoms with Crippen LogP contribution < -0.4 is 0 Å². The minimum atomic E-state index is -0.188. The Labute approximate surface area is 135 Å². The Balaban J connectivity index is 1.64. The first-order valence-electron chi connectivity index (χ1n) is 8.41. The first-order chi connectivity index (χ1) is 11.2. The molecule has 0 aromatic heterocycles. The average molecular weight is 309 g/mol. The predicted molar refractivity (Wildman–Crippen MR) is 85.2 cm³/mol. The number of rotatable bonds is 0. The third-order valence-electron chi connectivity index (χ3n) is 6.11. The molecule has 23 heavy (non-hydrogen) atoms. The van der Waals surface area contributed by atoms with Gasteiger partial charge in [-0.3, -0.25) is 14.5 Å². The van der Waals surface area contributed by atoms with Gasteiger partial charge in [0, 0.05) is 25.6 Å². The van der Waals surface area contributed by atoms with E-state index in [2.05, 4.69) is 23.1 Å². The maximum Gasteiger partial charge on any atom is 0.234 e. The summed E-state index contributed by atoms with van der Waals surface area (Å²) in [6, 6.07) is 8.39. The molecule has 5 heteroatoms. The number of imide groups is 1. The second-order valence-electron chi connectivity index (χ2n) is 7.08. The smallest absolute Gasteiger partial charge is 0.234 e. The SMILES string of the molecule is CN1C(=O)C2C3CCC(C2C1=O)N1CCc2ccccc2N=C31. The van der Waals surface area contributed by atoms with Crippen LogP contribution in [0.15, 0.2) is 29.3 Å². The molecule has 2 amide bonds. The highest BCUT2D eigenvalue weighted by Crippen LogP contribution is 2.50. The number of para-hydroxylation sites is 1. The molecule has 3 saturated heterocycles. The highest BCUT2D eigenvalue weighted by Gasteiger charge is 2.61. The minimum Gasteiger partial charge on any atom is -0.356 e. The summed E-state index contributed by atoms with van der Waals surface area (Å²) in [6.07, 6.45) is 2.91. The van der Waals surface area contributed by atoms with Gasteiger partial charge in [-0.2, -0.15) is 0 Å². The van der Waals surface area contributed by atoms with E-state index in [9.17, 15) is 9.59 Å². The molecule has 0 N–H and O–H groups in total. The van der Waals surface area contributed by atoms with Crippen LogP contribution in [0.4, 0.5) is 5.69 Å². The van der Waals surface area contributed by atoms with Gasteiger partial charge in [-0.05, 0) is 30.9 Å². The Bertz CT molecular complexity index is 756. The molecule has 5 aliphatic rings. The Hall–Kier alpha value is -2.17. The topological polar surface area (TPSA) is 53.0 Å². The Morgan fingerprint density at radius 2 is 1.87 bits per heavy atom. The summed E-state index contributed by atoms with van der Waals surface area (Å²) >= 11 is 0. The maximum atomic E-state index is 12.6. The van der Waals surface area contributed by atoms with Crippen molar-refractivity contribution in [3.05, 3.63) is 29.8 Å².